The summed E-state index contributed by atoms with van der Waals surface area (Å²) in [5.74, 6) is -0.951. The van der Waals surface area contributed by atoms with Crippen LogP contribution in [0.25, 0.3) is 11.1 Å². The van der Waals surface area contributed by atoms with Crippen LogP contribution in [0.1, 0.15) is 50.1 Å². The van der Waals surface area contributed by atoms with Crippen molar-refractivity contribution in [3.8, 4) is 11.1 Å². The van der Waals surface area contributed by atoms with Gasteiger partial charge >= 0.3 is 5.97 Å². The normalized spacial score (nSPS) is 12.2. The van der Waals surface area contributed by atoms with Crippen molar-refractivity contribution in [2.75, 3.05) is 18.4 Å². The largest absolute Gasteiger partial charge is 0.481 e. The molecule has 39 heavy (non-hydrogen) atoms. The smallest absolute Gasteiger partial charge is 0.305 e. The molecule has 0 aliphatic rings. The van der Waals surface area contributed by atoms with Crippen LogP contribution in [-0.2, 0) is 14.4 Å². The molecule has 0 radical (unpaired) electrons. The number of aliphatic carboxylic acids is 1. The first-order valence-corrected chi connectivity index (χ1v) is 13.3. The second kappa shape index (κ2) is 15.9. The van der Waals surface area contributed by atoms with Crippen molar-refractivity contribution in [2.24, 2.45) is 5.73 Å². The third kappa shape index (κ3) is 10.2. The molecule has 2 aromatic carbocycles. The van der Waals surface area contributed by atoms with Crippen LogP contribution in [0.15, 0.2) is 79.0 Å². The number of hydrogen-bond acceptors (Lipinski definition) is 6. The van der Waals surface area contributed by atoms with Gasteiger partial charge in [-0.3, -0.25) is 14.4 Å². The second-order valence-corrected chi connectivity index (χ2v) is 9.30. The summed E-state index contributed by atoms with van der Waals surface area (Å²) in [6, 6.07) is 21.3. The summed E-state index contributed by atoms with van der Waals surface area (Å²) >= 11 is 0. The molecule has 1 unspecified atom stereocenters. The lowest BCUT2D eigenvalue weighted by Gasteiger charge is -2.23. The van der Waals surface area contributed by atoms with Crippen LogP contribution in [0, 0.1) is 0 Å². The van der Waals surface area contributed by atoms with Gasteiger partial charge in [-0.25, -0.2) is 4.98 Å². The Morgan fingerprint density at radius 2 is 1.56 bits per heavy atom. The lowest BCUT2D eigenvalue weighted by molar-refractivity contribution is -0.138. The van der Waals surface area contributed by atoms with Crippen molar-refractivity contribution in [1.82, 2.24) is 15.6 Å². The van der Waals surface area contributed by atoms with Gasteiger partial charge in [0.2, 0.25) is 11.8 Å². The van der Waals surface area contributed by atoms with Crippen molar-refractivity contribution in [1.29, 1.82) is 0 Å². The van der Waals surface area contributed by atoms with Crippen LogP contribution in [0.5, 0.6) is 0 Å². The third-order valence-corrected chi connectivity index (χ3v) is 6.27. The average Bonchev–Trinajstić information content (AvgIpc) is 2.95. The van der Waals surface area contributed by atoms with E-state index in [9.17, 15) is 19.5 Å². The van der Waals surface area contributed by atoms with Crippen molar-refractivity contribution in [2.45, 2.75) is 50.6 Å². The quantitative estimate of drug-likeness (QED) is 0.176. The van der Waals surface area contributed by atoms with Crippen LogP contribution in [0.4, 0.5) is 5.82 Å². The van der Waals surface area contributed by atoms with Gasteiger partial charge in [0, 0.05) is 19.2 Å². The Hall–Kier alpha value is -4.24. The third-order valence-electron chi connectivity index (χ3n) is 6.27. The van der Waals surface area contributed by atoms with Crippen molar-refractivity contribution < 1.29 is 19.5 Å². The Bertz CT molecular complexity index is 1170. The molecule has 0 bridgehead atoms. The molecule has 0 aliphatic carbocycles. The van der Waals surface area contributed by atoms with E-state index in [1.54, 1.807) is 6.20 Å². The first-order valence-electron chi connectivity index (χ1n) is 13.3. The Labute approximate surface area is 229 Å². The second-order valence-electron chi connectivity index (χ2n) is 9.30. The number of nitrogens with two attached hydrogens (primary N) is 1. The molecule has 0 aliphatic heterocycles. The number of amides is 2. The molecule has 9 nitrogen and oxygen atoms in total. The first-order chi connectivity index (χ1) is 19.0. The fourth-order valence-corrected chi connectivity index (χ4v) is 4.20. The minimum Gasteiger partial charge on any atom is -0.481 e. The van der Waals surface area contributed by atoms with E-state index >= 15 is 0 Å². The highest BCUT2D eigenvalue weighted by molar-refractivity contribution is 5.88. The molecule has 1 aromatic heterocycles. The molecule has 0 saturated carbocycles. The Morgan fingerprint density at radius 3 is 2.23 bits per heavy atom. The molecule has 206 valence electrons. The van der Waals surface area contributed by atoms with Gasteiger partial charge in [-0.1, -0.05) is 60.7 Å². The highest BCUT2D eigenvalue weighted by atomic mass is 16.4. The van der Waals surface area contributed by atoms with Crippen molar-refractivity contribution >= 4 is 23.6 Å². The lowest BCUT2D eigenvalue weighted by Crippen LogP contribution is -2.48. The van der Waals surface area contributed by atoms with E-state index in [4.69, 9.17) is 5.73 Å². The fourth-order valence-electron chi connectivity index (χ4n) is 4.20. The van der Waals surface area contributed by atoms with Gasteiger partial charge in [-0.05, 0) is 61.1 Å². The molecule has 0 spiro atoms. The molecule has 0 saturated heterocycles. The van der Waals surface area contributed by atoms with Gasteiger partial charge in [0.05, 0.1) is 12.5 Å². The maximum Gasteiger partial charge on any atom is 0.305 e. The number of carboxylic acids is 1. The summed E-state index contributed by atoms with van der Waals surface area (Å²) in [5, 5.41) is 18.4. The lowest BCUT2D eigenvalue weighted by atomic mass is 9.98. The van der Waals surface area contributed by atoms with Gasteiger partial charge in [0.15, 0.2) is 0 Å². The number of aromatic nitrogens is 1. The maximum atomic E-state index is 13.3. The molecule has 3 rings (SSSR count). The molecule has 1 heterocycles. The number of unbranched alkanes of at least 4 members (excludes halogenated alkanes) is 1. The molecule has 9 heteroatoms. The van der Waals surface area contributed by atoms with Crippen molar-refractivity contribution in [3.05, 3.63) is 84.6 Å². The SMILES string of the molecule is NCCCC[C@@H](NC(=O)CCCNc1ccccn1)C(=O)NC(CC(=O)O)c1ccc(-c2ccccc2)cc1. The topological polar surface area (TPSA) is 146 Å². The zero-order chi connectivity index (χ0) is 27.9. The number of anilines is 1. The van der Waals surface area contributed by atoms with E-state index in [0.717, 1.165) is 16.9 Å². The van der Waals surface area contributed by atoms with Gasteiger partial charge in [-0.2, -0.15) is 0 Å². The van der Waals surface area contributed by atoms with E-state index in [1.165, 1.54) is 0 Å². The molecule has 0 fully saturated rings. The van der Waals surface area contributed by atoms with Crippen LogP contribution < -0.4 is 21.7 Å². The molecule has 2 amide bonds. The number of carbonyl (C=O) groups excluding carboxylic acids is 2. The Balaban J connectivity index is 1.61. The van der Waals surface area contributed by atoms with E-state index < -0.39 is 24.0 Å². The minimum atomic E-state index is -1.03. The summed E-state index contributed by atoms with van der Waals surface area (Å²) in [6.07, 6.45) is 4.00. The average molecular weight is 532 g/mol. The fraction of sp³-hybridized carbons (Fsp3) is 0.333. The minimum absolute atomic E-state index is 0.236. The predicted molar refractivity (Wildman–Crippen MR) is 152 cm³/mol. The number of benzene rings is 2. The molecule has 3 aromatic rings. The van der Waals surface area contributed by atoms with Crippen LogP contribution >= 0.6 is 0 Å². The summed E-state index contributed by atoms with van der Waals surface area (Å²) in [4.78, 5) is 41.7. The predicted octanol–water partition coefficient (Wildman–Crippen LogP) is 3.89. The van der Waals surface area contributed by atoms with Gasteiger partial charge < -0.3 is 26.8 Å². The first kappa shape index (κ1) is 29.3. The van der Waals surface area contributed by atoms with E-state index in [1.807, 2.05) is 72.8 Å². The molecular weight excluding hydrogens is 494 g/mol. The summed E-state index contributed by atoms with van der Waals surface area (Å²) in [6.45, 7) is 1.05. The highest BCUT2D eigenvalue weighted by Crippen LogP contribution is 2.24. The number of rotatable bonds is 16. The van der Waals surface area contributed by atoms with Crippen molar-refractivity contribution in [3.63, 3.8) is 0 Å². The number of nitrogens with one attached hydrogen (secondary N) is 3. The number of hydrogen-bond donors (Lipinski definition) is 5. The summed E-state index contributed by atoms with van der Waals surface area (Å²) < 4.78 is 0. The van der Waals surface area contributed by atoms with E-state index in [-0.39, 0.29) is 18.7 Å². The van der Waals surface area contributed by atoms with Crippen LogP contribution in [0.2, 0.25) is 0 Å². The molecular formula is C30H37N5O4. The highest BCUT2D eigenvalue weighted by Gasteiger charge is 2.25. The maximum absolute atomic E-state index is 13.3. The summed E-state index contributed by atoms with van der Waals surface area (Å²) in [7, 11) is 0. The zero-order valence-electron chi connectivity index (χ0n) is 22.0. The number of carbonyl (C=O) groups is 3. The van der Waals surface area contributed by atoms with E-state index in [2.05, 4.69) is 20.9 Å². The number of carboxylic acid groups (broad SMARTS) is 1. The van der Waals surface area contributed by atoms with Crippen LogP contribution in [0.3, 0.4) is 0 Å². The Kier molecular flexibility index (Phi) is 11.9. The number of pyridine rings is 1. The zero-order valence-corrected chi connectivity index (χ0v) is 22.0. The summed E-state index contributed by atoms with van der Waals surface area (Å²) in [5.41, 5.74) is 8.33. The monoisotopic (exact) mass is 531 g/mol. The molecule has 6 N–H and O–H groups in total. The van der Waals surface area contributed by atoms with Gasteiger partial charge in [-0.15, -0.1) is 0 Å². The van der Waals surface area contributed by atoms with Gasteiger partial charge in [0.25, 0.3) is 0 Å². The number of nitrogens with zero attached hydrogens (tertiary/aromatic N) is 1. The standard InChI is InChI=1S/C30H37N5O4/c31-18-6-4-11-25(34-28(36)13-8-20-33-27-12-5-7-19-32-27)30(39)35-26(21-29(37)38)24-16-14-23(15-17-24)22-9-2-1-3-10-22/h1-3,5,7,9-10,12,14-17,19,25-26H,4,6,8,11,13,18,20-21,31H2,(H,32,33)(H,34,36)(H,35,39)(H,37,38)/t25-,26?/m1/s1. The Morgan fingerprint density at radius 1 is 0.846 bits per heavy atom. The van der Waals surface area contributed by atoms with Gasteiger partial charge in [0.1, 0.15) is 11.9 Å². The van der Waals surface area contributed by atoms with Crippen LogP contribution in [-0.4, -0.2) is 47.0 Å². The van der Waals surface area contributed by atoms with E-state index in [0.29, 0.717) is 44.3 Å². The molecule has 2 atom stereocenters.